The average Bonchev–Trinajstić information content (AvgIpc) is 2.16. The molecule has 0 saturated carbocycles. The van der Waals surface area contributed by atoms with Crippen LogP contribution in [0.4, 0.5) is 0 Å². The zero-order chi connectivity index (χ0) is 36.0. The van der Waals surface area contributed by atoms with Crippen molar-refractivity contribution in [1.29, 1.82) is 0 Å². The van der Waals surface area contributed by atoms with Gasteiger partial charge in [-0.3, -0.25) is 0 Å². The largest absolute Gasteiger partial charge is 1.00 e. The topological polar surface area (TPSA) is 690 Å². The second kappa shape index (κ2) is 139. The molecule has 0 aliphatic carbocycles. The monoisotopic (exact) mass is 1690 g/mol. The average molecular weight is 1700 g/mol. The van der Waals surface area contributed by atoms with E-state index in [1.54, 1.807) is 0 Å². The number of rotatable bonds is 0. The third-order valence-corrected chi connectivity index (χ3v) is 0. The molecule has 64 heavy (non-hydrogen) atoms. The summed E-state index contributed by atoms with van der Waals surface area (Å²) in [6, 6.07) is 0. The van der Waals surface area contributed by atoms with Crippen LogP contribution in [-0.4, -0.2) is 0 Å². The Morgan fingerprint density at radius 3 is 0.109 bits per heavy atom. The van der Waals surface area contributed by atoms with Gasteiger partial charge >= 0.3 is 1230 Å². The van der Waals surface area contributed by atoms with E-state index >= 15 is 0 Å². The van der Waals surface area contributed by atoms with E-state index in [2.05, 4.69) is 0 Å². The summed E-state index contributed by atoms with van der Waals surface area (Å²) in [5.74, 6) is 0. The summed E-state index contributed by atoms with van der Waals surface area (Å²) in [5.41, 5.74) is 0. The quantitative estimate of drug-likeness (QED) is 0.160. The molecule has 0 spiro atoms. The van der Waals surface area contributed by atoms with Gasteiger partial charge in [-0.15, -0.1) is 0 Å². The van der Waals surface area contributed by atoms with Gasteiger partial charge in [0.05, 0.1) is 0 Å². The first-order valence-electron chi connectivity index (χ1n) is 5.84. The maximum Gasteiger partial charge on any atom is 1.00 e. The molecule has 64 heteroatoms. The first kappa shape index (κ1) is 213. The van der Waals surface area contributed by atoms with Crippen molar-refractivity contribution in [3.63, 3.8) is 0 Å². The molecular formula is K24O32P8. The van der Waals surface area contributed by atoms with Crippen LogP contribution >= 0.6 is 62.6 Å². The van der Waals surface area contributed by atoms with Crippen LogP contribution < -0.4 is 1350 Å². The Morgan fingerprint density at radius 2 is 0.109 bits per heavy atom. The predicted octanol–water partition coefficient (Wildman–Crippen LogP) is -94.5. The summed E-state index contributed by atoms with van der Waals surface area (Å²) in [5, 5.41) is 0. The van der Waals surface area contributed by atoms with E-state index < -0.39 is 62.6 Å². The van der Waals surface area contributed by atoms with Crippen molar-refractivity contribution in [2.75, 3.05) is 0 Å². The third-order valence-electron chi connectivity index (χ3n) is 0. The Morgan fingerprint density at radius 1 is 0.109 bits per heavy atom. The number of hydrogen-bond acceptors (Lipinski definition) is 32. The fourth-order valence-corrected chi connectivity index (χ4v) is 0. The van der Waals surface area contributed by atoms with Gasteiger partial charge in [0, 0.05) is 0 Å². The van der Waals surface area contributed by atoms with Gasteiger partial charge in [-0.05, 0) is 0 Å². The fourth-order valence-electron chi connectivity index (χ4n) is 0. The molecule has 32 nitrogen and oxygen atoms in total. The molecule has 0 rings (SSSR count). The van der Waals surface area contributed by atoms with E-state index in [-0.39, 0.29) is 1230 Å². The van der Waals surface area contributed by atoms with E-state index in [1.807, 2.05) is 0 Å². The summed E-state index contributed by atoms with van der Waals surface area (Å²) in [6.45, 7) is 0. The van der Waals surface area contributed by atoms with Gasteiger partial charge in [0.15, 0.2) is 0 Å². The SMILES string of the molecule is O=P([O-])([O-])[O-].O=P([O-])([O-])[O-].O=P([O-])([O-])[O-].O=P([O-])([O-])[O-].O=P([O-])([O-])[O-].O=P([O-])([O-])[O-].O=P([O-])([O-])[O-].O=P([O-])([O-])[O-].[K+].[K+].[K+].[K+].[K+].[K+].[K+].[K+].[K+].[K+].[K+].[K+].[K+].[K+].[K+].[K+].[K+].[K+].[K+].[K+].[K+].[K+].[K+].[K+]. The minimum atomic E-state index is -5.39. The Bertz CT molecular complexity index is 699. The van der Waals surface area contributed by atoms with E-state index in [9.17, 15) is 0 Å². The molecule has 0 aromatic carbocycles. The summed E-state index contributed by atoms with van der Waals surface area (Å²) in [7, 11) is -43.1. The molecule has 0 fully saturated rings. The van der Waals surface area contributed by atoms with Gasteiger partial charge in [-0.1, -0.05) is 0 Å². The van der Waals surface area contributed by atoms with Crippen molar-refractivity contribution in [1.82, 2.24) is 0 Å². The first-order chi connectivity index (χ1) is 16.0. The molecule has 0 aromatic rings. The van der Waals surface area contributed by atoms with Crippen molar-refractivity contribution in [3.8, 4) is 0 Å². The molecule has 0 aromatic heterocycles. The Kier molecular flexibility index (Phi) is 461. The Labute approximate surface area is 1390 Å². The molecule has 0 atom stereocenters. The second-order valence-corrected chi connectivity index (χ2v) is 10.7. The first-order valence-corrected chi connectivity index (χ1v) is 17.5. The number of hydrogen-bond donors (Lipinski definition) is 0. The van der Waals surface area contributed by atoms with Crippen molar-refractivity contribution in [2.24, 2.45) is 0 Å². The molecule has 0 saturated heterocycles. The molecule has 0 bridgehead atoms. The third kappa shape index (κ3) is 648. The van der Waals surface area contributed by atoms with Gasteiger partial charge in [0.2, 0.25) is 0 Å². The van der Waals surface area contributed by atoms with E-state index in [1.165, 1.54) is 0 Å². The molecule has 0 amide bonds. The fraction of sp³-hybridized carbons (Fsp3) is 0. The predicted molar refractivity (Wildman–Crippen MR) is 60.9 cm³/mol. The molecule has 0 radical (unpaired) electrons. The minimum absolute atomic E-state index is 0. The van der Waals surface area contributed by atoms with Gasteiger partial charge in [0.25, 0.3) is 0 Å². The van der Waals surface area contributed by atoms with E-state index in [0.29, 0.717) is 0 Å². The van der Waals surface area contributed by atoms with Gasteiger partial charge in [-0.25, -0.2) is 0 Å². The number of phosphoric acid groups is 8. The van der Waals surface area contributed by atoms with Crippen LogP contribution in [0.2, 0.25) is 0 Å². The van der Waals surface area contributed by atoms with Crippen molar-refractivity contribution >= 4 is 62.6 Å². The van der Waals surface area contributed by atoms with Gasteiger partial charge in [-0.2, -0.15) is 62.6 Å². The normalized spacial score (nSPS) is 7.38. The maximum absolute atomic E-state index is 8.55. The standard InChI is InChI=1S/24K.8H3O4P/c;;;;;;;;;;;;;;;;;;;;;;;;8*1-5(2,3)4/h;;;;;;;;;;;;;;;;;;;;;;;;8*(H3,1,2,3,4)/q24*+1;;;;;;;;/p-24. The molecule has 0 aliphatic rings. The molecular weight excluding hydrogens is 1700 g/mol. The summed E-state index contributed by atoms with van der Waals surface area (Å²) in [4.78, 5) is 205. The van der Waals surface area contributed by atoms with Crippen LogP contribution in [0.25, 0.3) is 0 Å². The van der Waals surface area contributed by atoms with E-state index in [0.717, 1.165) is 0 Å². The van der Waals surface area contributed by atoms with Crippen molar-refractivity contribution in [3.05, 3.63) is 0 Å². The van der Waals surface area contributed by atoms with Crippen LogP contribution in [0, 0.1) is 0 Å². The molecule has 0 N–H and O–H groups in total. The summed E-state index contributed by atoms with van der Waals surface area (Å²) < 4.78 is 68.4. The van der Waals surface area contributed by atoms with Crippen molar-refractivity contribution in [2.45, 2.75) is 0 Å². The zero-order valence-electron chi connectivity index (χ0n) is 40.6. The smallest absolute Gasteiger partial charge is 0.822 e. The summed E-state index contributed by atoms with van der Waals surface area (Å²) >= 11 is 0. The van der Waals surface area contributed by atoms with Crippen LogP contribution in [0.5, 0.6) is 0 Å². The second-order valence-electron chi connectivity index (χ2n) is 3.58. The maximum atomic E-state index is 8.55. The minimum Gasteiger partial charge on any atom is -0.822 e. The molecule has 0 unspecified atom stereocenters. The van der Waals surface area contributed by atoms with Crippen LogP contribution in [0.15, 0.2) is 0 Å². The molecule has 0 heterocycles. The van der Waals surface area contributed by atoms with Gasteiger partial charge < -0.3 is 154 Å². The van der Waals surface area contributed by atoms with Crippen molar-refractivity contribution < 1.29 is 1390 Å². The van der Waals surface area contributed by atoms with Crippen LogP contribution in [-0.2, 0) is 36.5 Å². The Balaban J connectivity index is -0.00000000579. The summed E-state index contributed by atoms with van der Waals surface area (Å²) in [6.07, 6.45) is 0. The van der Waals surface area contributed by atoms with Gasteiger partial charge in [0.1, 0.15) is 0 Å². The molecule has 256 valence electrons. The van der Waals surface area contributed by atoms with Crippen LogP contribution in [0.3, 0.4) is 0 Å². The Hall–Kier alpha value is 40.2. The van der Waals surface area contributed by atoms with Crippen LogP contribution in [0.1, 0.15) is 0 Å². The van der Waals surface area contributed by atoms with E-state index in [4.69, 9.17) is 154 Å². The molecule has 0 aliphatic heterocycles. The zero-order valence-corrected chi connectivity index (χ0v) is 123.